The summed E-state index contributed by atoms with van der Waals surface area (Å²) in [6.45, 7) is 1.91. The number of halogens is 1. The standard InChI is InChI=1S/C14H9BrN2O2S/c1-8-16-11(7-20-8)6-12-14(18)19-13(17-12)9-2-4-10(15)5-3-9/h2-7H,1H3/b12-6-. The quantitative estimate of drug-likeness (QED) is 0.615. The van der Waals surface area contributed by atoms with Crippen molar-refractivity contribution in [3.8, 4) is 0 Å². The number of esters is 1. The molecule has 1 aromatic carbocycles. The van der Waals surface area contributed by atoms with Crippen LogP contribution >= 0.6 is 27.3 Å². The van der Waals surface area contributed by atoms with Crippen LogP contribution in [0.5, 0.6) is 0 Å². The van der Waals surface area contributed by atoms with Crippen molar-refractivity contribution in [2.45, 2.75) is 6.92 Å². The molecule has 0 unspecified atom stereocenters. The van der Waals surface area contributed by atoms with E-state index in [-0.39, 0.29) is 5.70 Å². The molecule has 100 valence electrons. The van der Waals surface area contributed by atoms with Crippen LogP contribution in [0.25, 0.3) is 6.08 Å². The highest BCUT2D eigenvalue weighted by Gasteiger charge is 2.24. The summed E-state index contributed by atoms with van der Waals surface area (Å²) in [6, 6.07) is 7.42. The van der Waals surface area contributed by atoms with Crippen molar-refractivity contribution in [2.75, 3.05) is 0 Å². The zero-order chi connectivity index (χ0) is 14.1. The lowest BCUT2D eigenvalue weighted by molar-refractivity contribution is -0.129. The summed E-state index contributed by atoms with van der Waals surface area (Å²) in [5, 5.41) is 2.82. The SMILES string of the molecule is Cc1nc(/C=C2\N=C(c3ccc(Br)cc3)OC2=O)cs1. The molecule has 1 aliphatic rings. The van der Waals surface area contributed by atoms with Gasteiger partial charge in [0.2, 0.25) is 5.90 Å². The summed E-state index contributed by atoms with van der Waals surface area (Å²) in [6.07, 6.45) is 1.64. The minimum absolute atomic E-state index is 0.271. The third-order valence-corrected chi connectivity index (χ3v) is 3.95. The lowest BCUT2D eigenvalue weighted by atomic mass is 10.2. The first-order chi connectivity index (χ1) is 9.61. The second-order valence-electron chi connectivity index (χ2n) is 4.13. The van der Waals surface area contributed by atoms with E-state index in [1.807, 2.05) is 36.6 Å². The van der Waals surface area contributed by atoms with Crippen molar-refractivity contribution in [1.82, 2.24) is 4.98 Å². The van der Waals surface area contributed by atoms with Crippen molar-refractivity contribution in [3.05, 3.63) is 56.1 Å². The Morgan fingerprint density at radius 3 is 2.70 bits per heavy atom. The molecule has 0 fully saturated rings. The molecule has 3 rings (SSSR count). The van der Waals surface area contributed by atoms with E-state index in [4.69, 9.17) is 4.74 Å². The Balaban J connectivity index is 1.92. The van der Waals surface area contributed by atoms with Gasteiger partial charge in [-0.1, -0.05) is 15.9 Å². The molecule has 6 heteroatoms. The number of aliphatic imine (C=N–C) groups is 1. The highest BCUT2D eigenvalue weighted by atomic mass is 79.9. The van der Waals surface area contributed by atoms with Crippen LogP contribution < -0.4 is 0 Å². The fourth-order valence-electron chi connectivity index (χ4n) is 1.71. The van der Waals surface area contributed by atoms with Crippen molar-refractivity contribution >= 4 is 45.2 Å². The van der Waals surface area contributed by atoms with E-state index < -0.39 is 5.97 Å². The second-order valence-corrected chi connectivity index (χ2v) is 6.11. The Morgan fingerprint density at radius 2 is 2.05 bits per heavy atom. The molecule has 0 spiro atoms. The Morgan fingerprint density at radius 1 is 1.30 bits per heavy atom. The van der Waals surface area contributed by atoms with Crippen LogP contribution in [0, 0.1) is 6.92 Å². The van der Waals surface area contributed by atoms with Gasteiger partial charge in [0.05, 0.1) is 10.7 Å². The largest absolute Gasteiger partial charge is 0.402 e. The molecule has 0 saturated carbocycles. The van der Waals surface area contributed by atoms with Crippen molar-refractivity contribution in [3.63, 3.8) is 0 Å². The van der Waals surface area contributed by atoms with E-state index in [1.165, 1.54) is 11.3 Å². The lowest BCUT2D eigenvalue weighted by Gasteiger charge is -1.98. The van der Waals surface area contributed by atoms with Crippen LogP contribution in [0.15, 0.2) is 44.8 Å². The molecule has 20 heavy (non-hydrogen) atoms. The number of hydrogen-bond acceptors (Lipinski definition) is 5. The van der Waals surface area contributed by atoms with Gasteiger partial charge in [-0.3, -0.25) is 0 Å². The number of ether oxygens (including phenoxy) is 1. The molecule has 0 atom stereocenters. The van der Waals surface area contributed by atoms with Gasteiger partial charge in [0.1, 0.15) is 0 Å². The van der Waals surface area contributed by atoms with E-state index >= 15 is 0 Å². The summed E-state index contributed by atoms with van der Waals surface area (Å²) in [4.78, 5) is 20.3. The second kappa shape index (κ2) is 5.30. The number of cyclic esters (lactones) is 1. The number of aromatic nitrogens is 1. The number of hydrogen-bond donors (Lipinski definition) is 0. The molecule has 1 aliphatic heterocycles. The summed E-state index contributed by atoms with van der Waals surface area (Å²) in [7, 11) is 0. The van der Waals surface area contributed by atoms with Crippen LogP contribution in [-0.2, 0) is 9.53 Å². The minimum Gasteiger partial charge on any atom is -0.402 e. The molecule has 0 saturated heterocycles. The molecule has 0 bridgehead atoms. The van der Waals surface area contributed by atoms with Crippen LogP contribution in [0.4, 0.5) is 0 Å². The number of benzene rings is 1. The average molecular weight is 349 g/mol. The molecule has 2 aromatic rings. The van der Waals surface area contributed by atoms with Gasteiger partial charge in [0.25, 0.3) is 0 Å². The Bertz CT molecular complexity index is 732. The normalized spacial score (nSPS) is 16.4. The highest BCUT2D eigenvalue weighted by Crippen LogP contribution is 2.21. The molecular formula is C14H9BrN2O2S. The number of carbonyl (C=O) groups excluding carboxylic acids is 1. The third-order valence-electron chi connectivity index (χ3n) is 2.63. The summed E-state index contributed by atoms with van der Waals surface area (Å²) in [5.74, 6) is -0.130. The Hall–Kier alpha value is -1.79. The van der Waals surface area contributed by atoms with E-state index in [9.17, 15) is 4.79 Å². The van der Waals surface area contributed by atoms with Crippen molar-refractivity contribution < 1.29 is 9.53 Å². The number of aryl methyl sites for hydroxylation is 1. The zero-order valence-electron chi connectivity index (χ0n) is 10.5. The Labute approximate surface area is 128 Å². The average Bonchev–Trinajstić information content (AvgIpc) is 2.98. The maximum absolute atomic E-state index is 11.8. The topological polar surface area (TPSA) is 51.6 Å². The summed E-state index contributed by atoms with van der Waals surface area (Å²) >= 11 is 4.88. The molecule has 0 N–H and O–H groups in total. The van der Waals surface area contributed by atoms with Gasteiger partial charge in [0.15, 0.2) is 5.70 Å². The number of nitrogens with zero attached hydrogens (tertiary/aromatic N) is 2. The monoisotopic (exact) mass is 348 g/mol. The number of carbonyl (C=O) groups is 1. The maximum atomic E-state index is 11.8. The maximum Gasteiger partial charge on any atom is 0.363 e. The zero-order valence-corrected chi connectivity index (χ0v) is 12.9. The van der Waals surface area contributed by atoms with Gasteiger partial charge in [0, 0.05) is 15.4 Å². The molecular weight excluding hydrogens is 340 g/mol. The minimum atomic E-state index is -0.450. The fraction of sp³-hybridized carbons (Fsp3) is 0.0714. The first-order valence-electron chi connectivity index (χ1n) is 5.82. The van der Waals surface area contributed by atoms with Crippen molar-refractivity contribution in [2.24, 2.45) is 4.99 Å². The van der Waals surface area contributed by atoms with Crippen molar-refractivity contribution in [1.29, 1.82) is 0 Å². The van der Waals surface area contributed by atoms with Crippen LogP contribution in [0.1, 0.15) is 16.3 Å². The van der Waals surface area contributed by atoms with Crippen LogP contribution in [0.2, 0.25) is 0 Å². The Kier molecular flexibility index (Phi) is 3.50. The number of thiazole rings is 1. The van der Waals surface area contributed by atoms with E-state index in [1.54, 1.807) is 6.08 Å². The summed E-state index contributed by atoms with van der Waals surface area (Å²) in [5.41, 5.74) is 1.76. The predicted molar refractivity (Wildman–Crippen MR) is 81.6 cm³/mol. The highest BCUT2D eigenvalue weighted by molar-refractivity contribution is 9.10. The molecule has 0 radical (unpaired) electrons. The molecule has 0 aliphatic carbocycles. The van der Waals surface area contributed by atoms with Crippen LogP contribution in [-0.4, -0.2) is 16.9 Å². The van der Waals surface area contributed by atoms with Crippen LogP contribution in [0.3, 0.4) is 0 Å². The van der Waals surface area contributed by atoms with Gasteiger partial charge >= 0.3 is 5.97 Å². The molecule has 2 heterocycles. The first-order valence-corrected chi connectivity index (χ1v) is 7.50. The van der Waals surface area contributed by atoms with E-state index in [0.29, 0.717) is 5.90 Å². The molecule has 1 aromatic heterocycles. The fourth-order valence-corrected chi connectivity index (χ4v) is 2.55. The molecule has 0 amide bonds. The first kappa shape index (κ1) is 13.2. The smallest absolute Gasteiger partial charge is 0.363 e. The van der Waals surface area contributed by atoms with E-state index in [2.05, 4.69) is 25.9 Å². The third kappa shape index (κ3) is 2.71. The lowest BCUT2D eigenvalue weighted by Crippen LogP contribution is -2.05. The van der Waals surface area contributed by atoms with Gasteiger partial charge in [-0.2, -0.15) is 0 Å². The van der Waals surface area contributed by atoms with Gasteiger partial charge < -0.3 is 4.74 Å². The predicted octanol–water partition coefficient (Wildman–Crippen LogP) is 3.56. The number of rotatable bonds is 2. The van der Waals surface area contributed by atoms with Gasteiger partial charge in [-0.15, -0.1) is 11.3 Å². The molecule has 4 nitrogen and oxygen atoms in total. The summed E-state index contributed by atoms with van der Waals surface area (Å²) < 4.78 is 6.14. The van der Waals surface area contributed by atoms with E-state index in [0.717, 1.165) is 20.7 Å². The van der Waals surface area contributed by atoms with Gasteiger partial charge in [-0.05, 0) is 37.3 Å². The van der Waals surface area contributed by atoms with Gasteiger partial charge in [-0.25, -0.2) is 14.8 Å².